The Bertz CT molecular complexity index is 464. The van der Waals surface area contributed by atoms with E-state index < -0.39 is 0 Å². The zero-order chi connectivity index (χ0) is 11.5. The predicted octanol–water partition coefficient (Wildman–Crippen LogP) is 4.52. The van der Waals surface area contributed by atoms with E-state index in [0.717, 1.165) is 14.7 Å². The molecular formula is C12H11Br2NS. The first kappa shape index (κ1) is 12.3. The van der Waals surface area contributed by atoms with Crippen LogP contribution in [0.3, 0.4) is 0 Å². The van der Waals surface area contributed by atoms with E-state index in [1.165, 1.54) is 10.4 Å². The van der Waals surface area contributed by atoms with Gasteiger partial charge in [0, 0.05) is 21.8 Å². The molecule has 0 spiro atoms. The molecule has 0 bridgehead atoms. The van der Waals surface area contributed by atoms with Gasteiger partial charge < -0.3 is 5.73 Å². The first-order valence-electron chi connectivity index (χ1n) is 4.90. The maximum absolute atomic E-state index is 6.16. The second-order valence-corrected chi connectivity index (χ2v) is 7.03. The van der Waals surface area contributed by atoms with Gasteiger partial charge in [-0.3, -0.25) is 0 Å². The number of hydrogen-bond acceptors (Lipinski definition) is 2. The molecular weight excluding hydrogens is 350 g/mol. The zero-order valence-electron chi connectivity index (χ0n) is 8.49. The van der Waals surface area contributed by atoms with Crippen LogP contribution in [-0.4, -0.2) is 0 Å². The van der Waals surface area contributed by atoms with Crippen LogP contribution in [0.2, 0.25) is 0 Å². The van der Waals surface area contributed by atoms with Crippen LogP contribution in [0.4, 0.5) is 0 Å². The van der Waals surface area contributed by atoms with E-state index in [4.69, 9.17) is 5.73 Å². The quantitative estimate of drug-likeness (QED) is 0.855. The maximum Gasteiger partial charge on any atom is 0.0701 e. The van der Waals surface area contributed by atoms with Crippen LogP contribution in [0.5, 0.6) is 0 Å². The summed E-state index contributed by atoms with van der Waals surface area (Å²) in [5.74, 6) is 0. The largest absolute Gasteiger partial charge is 0.324 e. The minimum absolute atomic E-state index is 0.0682. The normalized spacial score (nSPS) is 12.7. The highest BCUT2D eigenvalue weighted by atomic mass is 79.9. The summed E-state index contributed by atoms with van der Waals surface area (Å²) < 4.78 is 2.24. The van der Waals surface area contributed by atoms with E-state index in [1.807, 2.05) is 12.1 Å². The molecule has 16 heavy (non-hydrogen) atoms. The molecule has 0 fully saturated rings. The van der Waals surface area contributed by atoms with Crippen molar-refractivity contribution in [2.24, 2.45) is 5.73 Å². The fourth-order valence-electron chi connectivity index (χ4n) is 1.51. The standard InChI is InChI=1S/C12H11Br2NS/c13-9-3-1-8(2-4-9)11(15)7-10-5-6-12(14)16-10/h1-6,11H,7,15H2. The van der Waals surface area contributed by atoms with Crippen LogP contribution < -0.4 is 5.73 Å². The molecule has 1 unspecified atom stereocenters. The van der Waals surface area contributed by atoms with E-state index in [2.05, 4.69) is 56.1 Å². The number of hydrogen-bond donors (Lipinski definition) is 1. The Kier molecular flexibility index (Phi) is 4.19. The van der Waals surface area contributed by atoms with Crippen molar-refractivity contribution >= 4 is 43.2 Å². The van der Waals surface area contributed by atoms with E-state index in [0.29, 0.717) is 0 Å². The van der Waals surface area contributed by atoms with E-state index in [1.54, 1.807) is 11.3 Å². The fourth-order valence-corrected chi connectivity index (χ4v) is 3.31. The SMILES string of the molecule is NC(Cc1ccc(Br)s1)c1ccc(Br)cc1. The minimum Gasteiger partial charge on any atom is -0.324 e. The van der Waals surface area contributed by atoms with Gasteiger partial charge in [-0.15, -0.1) is 11.3 Å². The molecule has 0 aliphatic heterocycles. The fraction of sp³-hybridized carbons (Fsp3) is 0.167. The van der Waals surface area contributed by atoms with Gasteiger partial charge in [-0.2, -0.15) is 0 Å². The molecule has 0 saturated heterocycles. The highest BCUT2D eigenvalue weighted by Crippen LogP contribution is 2.26. The lowest BCUT2D eigenvalue weighted by molar-refractivity contribution is 0.730. The first-order chi connectivity index (χ1) is 7.65. The molecule has 4 heteroatoms. The molecule has 0 radical (unpaired) electrons. The summed E-state index contributed by atoms with van der Waals surface area (Å²) in [5, 5.41) is 0. The molecule has 1 nitrogen and oxygen atoms in total. The van der Waals surface area contributed by atoms with Gasteiger partial charge in [-0.1, -0.05) is 28.1 Å². The van der Waals surface area contributed by atoms with Gasteiger partial charge in [0.1, 0.15) is 0 Å². The summed E-state index contributed by atoms with van der Waals surface area (Å²) in [6.45, 7) is 0. The summed E-state index contributed by atoms with van der Waals surface area (Å²) in [4.78, 5) is 1.31. The molecule has 84 valence electrons. The van der Waals surface area contributed by atoms with Crippen LogP contribution in [0, 0.1) is 0 Å². The lowest BCUT2D eigenvalue weighted by Gasteiger charge is -2.10. The van der Waals surface area contributed by atoms with Gasteiger partial charge >= 0.3 is 0 Å². The number of halogens is 2. The number of benzene rings is 1. The summed E-state index contributed by atoms with van der Waals surface area (Å²) in [5.41, 5.74) is 7.34. The number of thiophene rings is 1. The topological polar surface area (TPSA) is 26.0 Å². The minimum atomic E-state index is 0.0682. The lowest BCUT2D eigenvalue weighted by Crippen LogP contribution is -2.12. The molecule has 1 aromatic carbocycles. The summed E-state index contributed by atoms with van der Waals surface area (Å²) in [6, 6.07) is 12.4. The van der Waals surface area contributed by atoms with Crippen molar-refractivity contribution < 1.29 is 0 Å². The Labute approximate surface area is 116 Å². The smallest absolute Gasteiger partial charge is 0.0701 e. The summed E-state index contributed by atoms with van der Waals surface area (Å²) >= 11 is 8.62. The van der Waals surface area contributed by atoms with Crippen molar-refractivity contribution in [3.63, 3.8) is 0 Å². The first-order valence-corrected chi connectivity index (χ1v) is 7.30. The lowest BCUT2D eigenvalue weighted by atomic mass is 10.0. The number of rotatable bonds is 3. The van der Waals surface area contributed by atoms with Gasteiger partial charge in [0.2, 0.25) is 0 Å². The van der Waals surface area contributed by atoms with E-state index >= 15 is 0 Å². The van der Waals surface area contributed by atoms with Crippen molar-refractivity contribution in [3.8, 4) is 0 Å². The van der Waals surface area contributed by atoms with Gasteiger partial charge in [0.15, 0.2) is 0 Å². The number of nitrogens with two attached hydrogens (primary N) is 1. The highest BCUT2D eigenvalue weighted by Gasteiger charge is 2.08. The van der Waals surface area contributed by atoms with Crippen molar-refractivity contribution in [2.75, 3.05) is 0 Å². The van der Waals surface area contributed by atoms with Gasteiger partial charge in [0.25, 0.3) is 0 Å². The second-order valence-electron chi connectivity index (χ2n) is 3.57. The molecule has 2 N–H and O–H groups in total. The average Bonchev–Trinajstić information content (AvgIpc) is 2.65. The molecule has 0 aliphatic carbocycles. The highest BCUT2D eigenvalue weighted by molar-refractivity contribution is 9.11. The van der Waals surface area contributed by atoms with Crippen LogP contribution in [0.25, 0.3) is 0 Å². The van der Waals surface area contributed by atoms with Crippen molar-refractivity contribution in [1.29, 1.82) is 0 Å². The monoisotopic (exact) mass is 359 g/mol. The Morgan fingerprint density at radius 2 is 1.75 bits per heavy atom. The zero-order valence-corrected chi connectivity index (χ0v) is 12.5. The molecule has 1 aromatic heterocycles. The van der Waals surface area contributed by atoms with Crippen LogP contribution in [0.1, 0.15) is 16.5 Å². The third kappa shape index (κ3) is 3.17. The Hall–Kier alpha value is -0.160. The molecule has 0 aliphatic rings. The van der Waals surface area contributed by atoms with Crippen LogP contribution in [-0.2, 0) is 6.42 Å². The predicted molar refractivity (Wildman–Crippen MR) is 76.8 cm³/mol. The Morgan fingerprint density at radius 3 is 2.31 bits per heavy atom. The van der Waals surface area contributed by atoms with Crippen molar-refractivity contribution in [3.05, 3.63) is 55.1 Å². The molecule has 0 amide bonds. The van der Waals surface area contributed by atoms with E-state index in [9.17, 15) is 0 Å². The van der Waals surface area contributed by atoms with Crippen molar-refractivity contribution in [2.45, 2.75) is 12.5 Å². The average molecular weight is 361 g/mol. The Morgan fingerprint density at radius 1 is 1.06 bits per heavy atom. The van der Waals surface area contributed by atoms with Crippen LogP contribution >= 0.6 is 43.2 Å². The van der Waals surface area contributed by atoms with Crippen LogP contribution in [0.15, 0.2) is 44.7 Å². The molecule has 2 rings (SSSR count). The molecule has 0 saturated carbocycles. The molecule has 2 aromatic rings. The molecule has 1 heterocycles. The molecule has 1 atom stereocenters. The van der Waals surface area contributed by atoms with Gasteiger partial charge in [-0.05, 0) is 45.8 Å². The van der Waals surface area contributed by atoms with E-state index in [-0.39, 0.29) is 6.04 Å². The van der Waals surface area contributed by atoms with Gasteiger partial charge in [0.05, 0.1) is 3.79 Å². The third-order valence-corrected chi connectivity index (χ3v) is 4.52. The van der Waals surface area contributed by atoms with Crippen molar-refractivity contribution in [1.82, 2.24) is 0 Å². The third-order valence-electron chi connectivity index (χ3n) is 2.35. The maximum atomic E-state index is 6.16. The summed E-state index contributed by atoms with van der Waals surface area (Å²) in [7, 11) is 0. The van der Waals surface area contributed by atoms with Gasteiger partial charge in [-0.25, -0.2) is 0 Å². The summed E-state index contributed by atoms with van der Waals surface area (Å²) in [6.07, 6.45) is 0.887. The Balaban J connectivity index is 2.08. The second kappa shape index (κ2) is 5.45.